The zero-order valence-corrected chi connectivity index (χ0v) is 10.1. The highest BCUT2D eigenvalue weighted by molar-refractivity contribution is 5.40. The van der Waals surface area contributed by atoms with Gasteiger partial charge in [-0.25, -0.2) is 0 Å². The first-order valence-electron chi connectivity index (χ1n) is 6.08. The van der Waals surface area contributed by atoms with E-state index in [1.54, 1.807) is 0 Å². The van der Waals surface area contributed by atoms with Crippen LogP contribution in [0.15, 0.2) is 36.5 Å². The van der Waals surface area contributed by atoms with Crippen LogP contribution in [0.5, 0.6) is 0 Å². The molecule has 0 amide bonds. The topological polar surface area (TPSA) is 21.3 Å². The molecule has 0 aliphatic carbocycles. The first kappa shape index (κ1) is 11.6. The summed E-state index contributed by atoms with van der Waals surface area (Å²) in [6, 6.07) is 0.507. The van der Waals surface area contributed by atoms with Crippen molar-refractivity contribution in [3.05, 3.63) is 36.5 Å². The Morgan fingerprint density at radius 1 is 1.44 bits per heavy atom. The van der Waals surface area contributed by atoms with Crippen LogP contribution in [0.2, 0.25) is 0 Å². The van der Waals surface area contributed by atoms with Crippen LogP contribution in [0.25, 0.3) is 0 Å². The fraction of sp³-hybridized carbons (Fsp3) is 0.571. The van der Waals surface area contributed by atoms with Gasteiger partial charge in [0.1, 0.15) is 0 Å². The van der Waals surface area contributed by atoms with E-state index in [-0.39, 0.29) is 5.60 Å². The minimum absolute atomic E-state index is 0.103. The Bertz CT molecular complexity index is 332. The number of piperidine rings is 1. The molecule has 1 saturated heterocycles. The molecule has 0 bridgehead atoms. The van der Waals surface area contributed by atoms with Crippen LogP contribution in [-0.2, 0) is 4.74 Å². The van der Waals surface area contributed by atoms with Crippen molar-refractivity contribution in [1.29, 1.82) is 0 Å². The highest BCUT2D eigenvalue weighted by Gasteiger charge is 2.40. The predicted octanol–water partition coefficient (Wildman–Crippen LogP) is 2.59. The summed E-state index contributed by atoms with van der Waals surface area (Å²) in [7, 11) is 0. The molecule has 0 aromatic heterocycles. The number of rotatable bonds is 2. The SMILES string of the molecule is C=CC1=C(C=C)[C@]2(CCN[C@@H](C)C2)OCC1. The molecule has 2 heteroatoms. The van der Waals surface area contributed by atoms with Crippen LogP contribution in [0.1, 0.15) is 26.2 Å². The Kier molecular flexibility index (Phi) is 3.31. The van der Waals surface area contributed by atoms with Gasteiger partial charge in [-0.15, -0.1) is 0 Å². The summed E-state index contributed by atoms with van der Waals surface area (Å²) in [5.41, 5.74) is 2.48. The van der Waals surface area contributed by atoms with Crippen LogP contribution in [0, 0.1) is 0 Å². The maximum Gasteiger partial charge on any atom is 0.0960 e. The van der Waals surface area contributed by atoms with Crippen molar-refractivity contribution in [2.75, 3.05) is 13.2 Å². The van der Waals surface area contributed by atoms with Crippen molar-refractivity contribution in [2.45, 2.75) is 37.8 Å². The summed E-state index contributed by atoms with van der Waals surface area (Å²) in [5.74, 6) is 0. The van der Waals surface area contributed by atoms with Gasteiger partial charge in [0.15, 0.2) is 0 Å². The Balaban J connectivity index is 2.37. The third kappa shape index (κ3) is 1.87. The van der Waals surface area contributed by atoms with Crippen LogP contribution >= 0.6 is 0 Å². The Labute approximate surface area is 98.1 Å². The smallest absolute Gasteiger partial charge is 0.0960 e. The highest BCUT2D eigenvalue weighted by atomic mass is 16.5. The predicted molar refractivity (Wildman–Crippen MR) is 67.4 cm³/mol. The molecular weight excluding hydrogens is 198 g/mol. The largest absolute Gasteiger partial charge is 0.370 e. The number of hydrogen-bond acceptors (Lipinski definition) is 2. The van der Waals surface area contributed by atoms with Gasteiger partial charge in [-0.3, -0.25) is 0 Å². The van der Waals surface area contributed by atoms with E-state index in [1.165, 1.54) is 11.1 Å². The number of hydrogen-bond donors (Lipinski definition) is 1. The van der Waals surface area contributed by atoms with E-state index in [1.807, 2.05) is 12.2 Å². The molecular formula is C14H21NO. The molecule has 2 rings (SSSR count). The van der Waals surface area contributed by atoms with Crippen molar-refractivity contribution in [1.82, 2.24) is 5.32 Å². The van der Waals surface area contributed by atoms with Gasteiger partial charge < -0.3 is 10.1 Å². The maximum atomic E-state index is 6.10. The number of allylic oxidation sites excluding steroid dienone is 1. The minimum Gasteiger partial charge on any atom is -0.370 e. The lowest BCUT2D eigenvalue weighted by atomic mass is 9.77. The molecule has 1 fully saturated rings. The maximum absolute atomic E-state index is 6.10. The summed E-state index contributed by atoms with van der Waals surface area (Å²) in [6.07, 6.45) is 6.97. The molecule has 2 nitrogen and oxygen atoms in total. The average Bonchev–Trinajstić information content (AvgIpc) is 2.28. The van der Waals surface area contributed by atoms with E-state index in [0.717, 1.165) is 32.4 Å². The molecule has 2 aliphatic rings. The van der Waals surface area contributed by atoms with Gasteiger partial charge in [0, 0.05) is 6.04 Å². The van der Waals surface area contributed by atoms with E-state index in [4.69, 9.17) is 4.74 Å². The average molecular weight is 219 g/mol. The standard InChI is InChI=1S/C14H21NO/c1-4-12-6-9-16-14(13(12)5-2)7-8-15-11(3)10-14/h4-5,11,15H,1-2,6-10H2,3H3/t11-,14+/m0/s1. The molecule has 1 N–H and O–H groups in total. The normalized spacial score (nSPS) is 35.2. The molecule has 0 aromatic carbocycles. The summed E-state index contributed by atoms with van der Waals surface area (Å²) < 4.78 is 6.10. The highest BCUT2D eigenvalue weighted by Crippen LogP contribution is 2.39. The molecule has 0 aromatic rings. The molecule has 0 saturated carbocycles. The third-order valence-electron chi connectivity index (χ3n) is 3.69. The van der Waals surface area contributed by atoms with E-state index < -0.39 is 0 Å². The van der Waals surface area contributed by atoms with E-state index >= 15 is 0 Å². The summed E-state index contributed by atoms with van der Waals surface area (Å²) >= 11 is 0. The second-order valence-electron chi connectivity index (χ2n) is 4.75. The summed E-state index contributed by atoms with van der Waals surface area (Å²) in [5, 5.41) is 3.47. The van der Waals surface area contributed by atoms with Crippen molar-refractivity contribution in [3.8, 4) is 0 Å². The van der Waals surface area contributed by atoms with Crippen LogP contribution < -0.4 is 5.32 Å². The Hall–Kier alpha value is -0.860. The zero-order valence-electron chi connectivity index (χ0n) is 10.1. The Morgan fingerprint density at radius 2 is 2.25 bits per heavy atom. The second-order valence-corrected chi connectivity index (χ2v) is 4.75. The van der Waals surface area contributed by atoms with Gasteiger partial charge in [0.25, 0.3) is 0 Å². The minimum atomic E-state index is -0.103. The Morgan fingerprint density at radius 3 is 2.88 bits per heavy atom. The van der Waals surface area contributed by atoms with Crippen LogP contribution in [-0.4, -0.2) is 24.8 Å². The van der Waals surface area contributed by atoms with Gasteiger partial charge in [0.2, 0.25) is 0 Å². The molecule has 2 atom stereocenters. The fourth-order valence-corrected chi connectivity index (χ4v) is 2.96. The van der Waals surface area contributed by atoms with E-state index in [9.17, 15) is 0 Å². The van der Waals surface area contributed by atoms with Gasteiger partial charge in [-0.1, -0.05) is 25.3 Å². The van der Waals surface area contributed by atoms with Crippen LogP contribution in [0.4, 0.5) is 0 Å². The van der Waals surface area contributed by atoms with Crippen molar-refractivity contribution < 1.29 is 4.74 Å². The van der Waals surface area contributed by atoms with Gasteiger partial charge >= 0.3 is 0 Å². The number of ether oxygens (including phenoxy) is 1. The van der Waals surface area contributed by atoms with Crippen molar-refractivity contribution >= 4 is 0 Å². The molecule has 0 unspecified atom stereocenters. The third-order valence-corrected chi connectivity index (χ3v) is 3.69. The molecule has 16 heavy (non-hydrogen) atoms. The molecule has 0 radical (unpaired) electrons. The van der Waals surface area contributed by atoms with Gasteiger partial charge in [-0.2, -0.15) is 0 Å². The zero-order chi connectivity index (χ0) is 11.6. The quantitative estimate of drug-likeness (QED) is 0.770. The van der Waals surface area contributed by atoms with Gasteiger partial charge in [0.05, 0.1) is 12.2 Å². The van der Waals surface area contributed by atoms with E-state index in [2.05, 4.69) is 25.4 Å². The first-order valence-corrected chi connectivity index (χ1v) is 6.08. The van der Waals surface area contributed by atoms with Crippen molar-refractivity contribution in [3.63, 3.8) is 0 Å². The summed E-state index contributed by atoms with van der Waals surface area (Å²) in [4.78, 5) is 0. The fourth-order valence-electron chi connectivity index (χ4n) is 2.96. The van der Waals surface area contributed by atoms with Crippen molar-refractivity contribution in [2.24, 2.45) is 0 Å². The van der Waals surface area contributed by atoms with E-state index in [0.29, 0.717) is 6.04 Å². The van der Waals surface area contributed by atoms with Gasteiger partial charge in [-0.05, 0) is 43.9 Å². The lowest BCUT2D eigenvalue weighted by Gasteiger charge is -2.44. The molecule has 88 valence electrons. The summed E-state index contributed by atoms with van der Waals surface area (Å²) in [6.45, 7) is 11.9. The molecule has 1 spiro atoms. The molecule has 2 aliphatic heterocycles. The van der Waals surface area contributed by atoms with Crippen LogP contribution in [0.3, 0.4) is 0 Å². The lowest BCUT2D eigenvalue weighted by molar-refractivity contribution is -0.0508. The molecule has 2 heterocycles. The second kappa shape index (κ2) is 4.56. The monoisotopic (exact) mass is 219 g/mol. The lowest BCUT2D eigenvalue weighted by Crippen LogP contribution is -2.51. The first-order chi connectivity index (χ1) is 7.72. The number of nitrogens with one attached hydrogen (secondary N) is 1.